The summed E-state index contributed by atoms with van der Waals surface area (Å²) in [6, 6.07) is 9.38. The highest BCUT2D eigenvalue weighted by atomic mass is 16.4. The Bertz CT molecular complexity index is 870. The fourth-order valence-corrected chi connectivity index (χ4v) is 5.84. The van der Waals surface area contributed by atoms with Crippen molar-refractivity contribution in [2.24, 2.45) is 18.4 Å². The zero-order valence-corrected chi connectivity index (χ0v) is 16.1. The molecule has 3 heterocycles. The molecule has 27 heavy (non-hydrogen) atoms. The van der Waals surface area contributed by atoms with Crippen molar-refractivity contribution < 1.29 is 9.90 Å². The van der Waals surface area contributed by atoms with Gasteiger partial charge in [0.15, 0.2) is 0 Å². The Morgan fingerprint density at radius 3 is 2.74 bits per heavy atom. The first-order valence-electron chi connectivity index (χ1n) is 10.3. The second-order valence-corrected chi connectivity index (χ2v) is 9.02. The molecule has 0 radical (unpaired) electrons. The first kappa shape index (κ1) is 17.3. The maximum absolute atomic E-state index is 12.3. The SMILES string of the molecule is Cn1ccc2ccc(CN3C[C@H]4CN(C5CCCC5)C[C@@]4(C(=O)O)C3)cc21. The molecule has 3 fully saturated rings. The summed E-state index contributed by atoms with van der Waals surface area (Å²) < 4.78 is 2.15. The number of nitrogens with zero attached hydrogens (tertiary/aromatic N) is 3. The Morgan fingerprint density at radius 2 is 2.00 bits per heavy atom. The van der Waals surface area contributed by atoms with Crippen molar-refractivity contribution in [2.45, 2.75) is 38.3 Å². The van der Waals surface area contributed by atoms with Crippen LogP contribution in [0, 0.1) is 11.3 Å². The quantitative estimate of drug-likeness (QED) is 0.903. The van der Waals surface area contributed by atoms with Crippen LogP contribution in [-0.4, -0.2) is 57.7 Å². The molecule has 3 aliphatic rings. The third kappa shape index (κ3) is 2.79. The number of rotatable bonds is 4. The maximum Gasteiger partial charge on any atom is 0.312 e. The Balaban J connectivity index is 1.33. The van der Waals surface area contributed by atoms with Gasteiger partial charge in [-0.3, -0.25) is 14.6 Å². The van der Waals surface area contributed by atoms with Crippen LogP contribution in [0.15, 0.2) is 30.5 Å². The molecular formula is C22H29N3O2. The normalized spacial score (nSPS) is 29.7. The molecule has 1 N–H and O–H groups in total. The molecule has 1 aromatic heterocycles. The summed E-state index contributed by atoms with van der Waals surface area (Å²) >= 11 is 0. The minimum absolute atomic E-state index is 0.259. The van der Waals surface area contributed by atoms with Crippen LogP contribution >= 0.6 is 0 Å². The van der Waals surface area contributed by atoms with Crippen LogP contribution in [0.3, 0.4) is 0 Å². The molecular weight excluding hydrogens is 338 g/mol. The predicted octanol–water partition coefficient (Wildman–Crippen LogP) is 2.94. The van der Waals surface area contributed by atoms with Crippen molar-refractivity contribution in [3.05, 3.63) is 36.0 Å². The summed E-state index contributed by atoms with van der Waals surface area (Å²) in [4.78, 5) is 17.2. The number of hydrogen-bond acceptors (Lipinski definition) is 3. The summed E-state index contributed by atoms with van der Waals surface area (Å²) in [5.74, 6) is -0.331. The van der Waals surface area contributed by atoms with E-state index in [9.17, 15) is 9.90 Å². The van der Waals surface area contributed by atoms with Gasteiger partial charge in [0.2, 0.25) is 0 Å². The van der Waals surface area contributed by atoms with Gasteiger partial charge < -0.3 is 9.67 Å². The van der Waals surface area contributed by atoms with Gasteiger partial charge in [0.05, 0.1) is 5.41 Å². The zero-order chi connectivity index (χ0) is 18.6. The smallest absolute Gasteiger partial charge is 0.312 e. The second kappa shape index (κ2) is 6.35. The van der Waals surface area contributed by atoms with Crippen LogP contribution in [0.25, 0.3) is 10.9 Å². The lowest BCUT2D eigenvalue weighted by atomic mass is 9.81. The highest BCUT2D eigenvalue weighted by Gasteiger charge is 2.58. The van der Waals surface area contributed by atoms with E-state index in [1.54, 1.807) is 0 Å². The van der Waals surface area contributed by atoms with Crippen LogP contribution in [0.5, 0.6) is 0 Å². The number of aliphatic carboxylic acids is 1. The van der Waals surface area contributed by atoms with Gasteiger partial charge in [0.1, 0.15) is 0 Å². The fraction of sp³-hybridized carbons (Fsp3) is 0.591. The van der Waals surface area contributed by atoms with Crippen LogP contribution < -0.4 is 0 Å². The number of aromatic nitrogens is 1. The van der Waals surface area contributed by atoms with Gasteiger partial charge in [-0.15, -0.1) is 0 Å². The van der Waals surface area contributed by atoms with Crippen LogP contribution in [-0.2, 0) is 18.4 Å². The van der Waals surface area contributed by atoms with Gasteiger partial charge in [0, 0.05) is 63.4 Å². The summed E-state index contributed by atoms with van der Waals surface area (Å²) in [7, 11) is 2.07. The van der Waals surface area contributed by atoms with Crippen molar-refractivity contribution in [1.29, 1.82) is 0 Å². The number of carboxylic acid groups (broad SMARTS) is 1. The molecule has 1 aromatic carbocycles. The van der Waals surface area contributed by atoms with Gasteiger partial charge in [-0.05, 0) is 35.9 Å². The molecule has 5 heteroatoms. The monoisotopic (exact) mass is 367 g/mol. The second-order valence-electron chi connectivity index (χ2n) is 9.02. The van der Waals surface area contributed by atoms with Gasteiger partial charge >= 0.3 is 5.97 Å². The van der Waals surface area contributed by atoms with Crippen molar-refractivity contribution in [3.8, 4) is 0 Å². The van der Waals surface area contributed by atoms with E-state index < -0.39 is 11.4 Å². The molecule has 1 saturated carbocycles. The minimum atomic E-state index is -0.589. The summed E-state index contributed by atoms with van der Waals surface area (Å²) in [6.45, 7) is 4.13. The fourth-order valence-electron chi connectivity index (χ4n) is 5.84. The molecule has 144 valence electrons. The molecule has 2 aliphatic heterocycles. The Kier molecular flexibility index (Phi) is 4.06. The molecule has 0 amide bonds. The molecule has 2 aromatic rings. The van der Waals surface area contributed by atoms with Crippen molar-refractivity contribution in [1.82, 2.24) is 14.4 Å². The molecule has 0 bridgehead atoms. The topological polar surface area (TPSA) is 48.7 Å². The Labute approximate surface area is 160 Å². The van der Waals surface area contributed by atoms with Crippen molar-refractivity contribution >= 4 is 16.9 Å². The van der Waals surface area contributed by atoms with Gasteiger partial charge in [-0.1, -0.05) is 25.0 Å². The van der Waals surface area contributed by atoms with Gasteiger partial charge in [0.25, 0.3) is 0 Å². The first-order valence-corrected chi connectivity index (χ1v) is 10.3. The van der Waals surface area contributed by atoms with E-state index in [1.807, 2.05) is 0 Å². The maximum atomic E-state index is 12.3. The molecule has 1 aliphatic carbocycles. The minimum Gasteiger partial charge on any atom is -0.481 e. The highest BCUT2D eigenvalue weighted by Crippen LogP contribution is 2.45. The average molecular weight is 367 g/mol. The Morgan fingerprint density at radius 1 is 1.19 bits per heavy atom. The number of fused-ring (bicyclic) bond motifs is 2. The zero-order valence-electron chi connectivity index (χ0n) is 16.1. The molecule has 2 saturated heterocycles. The molecule has 0 unspecified atom stereocenters. The van der Waals surface area contributed by atoms with E-state index in [0.717, 1.165) is 26.2 Å². The Hall–Kier alpha value is -1.85. The standard InChI is InChI=1S/C22H29N3O2/c1-23-9-8-17-7-6-16(10-20(17)23)11-24-12-18-13-25(19-4-2-3-5-19)15-22(18,14-24)21(26)27/h6-10,18-19H,2-5,11-15H2,1H3,(H,26,27)/t18-,22-/m0/s1. The van der Waals surface area contributed by atoms with E-state index in [1.165, 1.54) is 42.1 Å². The van der Waals surface area contributed by atoms with Crippen LogP contribution in [0.1, 0.15) is 31.2 Å². The van der Waals surface area contributed by atoms with Crippen molar-refractivity contribution in [3.63, 3.8) is 0 Å². The lowest BCUT2D eigenvalue weighted by Crippen LogP contribution is -2.42. The number of benzene rings is 1. The number of carbonyl (C=O) groups is 1. The van der Waals surface area contributed by atoms with E-state index in [-0.39, 0.29) is 5.92 Å². The molecule has 0 spiro atoms. The third-order valence-corrected chi connectivity index (χ3v) is 7.33. The lowest BCUT2D eigenvalue weighted by Gasteiger charge is -2.28. The number of aryl methyl sites for hydroxylation is 1. The first-order chi connectivity index (χ1) is 13.0. The van der Waals surface area contributed by atoms with Gasteiger partial charge in [-0.25, -0.2) is 0 Å². The number of hydrogen-bond donors (Lipinski definition) is 1. The lowest BCUT2D eigenvalue weighted by molar-refractivity contribution is -0.149. The average Bonchev–Trinajstić information content (AvgIpc) is 3.38. The van der Waals surface area contributed by atoms with E-state index >= 15 is 0 Å². The molecule has 5 nitrogen and oxygen atoms in total. The number of likely N-dealkylation sites (tertiary alicyclic amines) is 2. The summed E-state index contributed by atoms with van der Waals surface area (Å²) in [6.07, 6.45) is 7.21. The van der Waals surface area contributed by atoms with Gasteiger partial charge in [-0.2, -0.15) is 0 Å². The van der Waals surface area contributed by atoms with E-state index in [4.69, 9.17) is 0 Å². The summed E-state index contributed by atoms with van der Waals surface area (Å²) in [5.41, 5.74) is 1.95. The van der Waals surface area contributed by atoms with E-state index in [0.29, 0.717) is 12.6 Å². The number of carboxylic acids is 1. The van der Waals surface area contributed by atoms with E-state index in [2.05, 4.69) is 51.9 Å². The van der Waals surface area contributed by atoms with Crippen molar-refractivity contribution in [2.75, 3.05) is 26.2 Å². The van der Waals surface area contributed by atoms with Crippen LogP contribution in [0.4, 0.5) is 0 Å². The third-order valence-electron chi connectivity index (χ3n) is 7.33. The van der Waals surface area contributed by atoms with Crippen LogP contribution in [0.2, 0.25) is 0 Å². The largest absolute Gasteiger partial charge is 0.481 e. The summed E-state index contributed by atoms with van der Waals surface area (Å²) in [5, 5.41) is 11.4. The molecule has 5 rings (SSSR count). The molecule has 2 atom stereocenters. The highest BCUT2D eigenvalue weighted by molar-refractivity contribution is 5.80. The predicted molar refractivity (Wildman–Crippen MR) is 106 cm³/mol.